The fourth-order valence-corrected chi connectivity index (χ4v) is 5.59. The van der Waals surface area contributed by atoms with Crippen molar-refractivity contribution in [1.82, 2.24) is 4.90 Å². The third-order valence-electron chi connectivity index (χ3n) is 6.27. The van der Waals surface area contributed by atoms with Gasteiger partial charge in [-0.25, -0.2) is 8.42 Å². The van der Waals surface area contributed by atoms with Gasteiger partial charge in [-0.1, -0.05) is 24.3 Å². The van der Waals surface area contributed by atoms with Crippen LogP contribution in [0.4, 0.5) is 24.5 Å². The summed E-state index contributed by atoms with van der Waals surface area (Å²) in [6, 6.07) is 19.6. The Morgan fingerprint density at radius 3 is 2.08 bits per heavy atom. The number of carbonyl (C=O) groups excluding carboxylic acids is 1. The molecule has 0 aliphatic carbocycles. The average molecular weight is 548 g/mol. The molecule has 1 heterocycles. The number of piperazine rings is 1. The Labute approximate surface area is 220 Å². The minimum Gasteiger partial charge on any atom is -0.457 e. The van der Waals surface area contributed by atoms with Gasteiger partial charge < -0.3 is 14.5 Å². The minimum absolute atomic E-state index is 0.251. The number of para-hydroxylation sites is 1. The van der Waals surface area contributed by atoms with E-state index in [2.05, 4.69) is 0 Å². The van der Waals surface area contributed by atoms with Crippen molar-refractivity contribution in [2.75, 3.05) is 41.6 Å². The van der Waals surface area contributed by atoms with Gasteiger partial charge in [-0.3, -0.25) is 9.10 Å². The first-order valence-electron chi connectivity index (χ1n) is 12.0. The molecule has 1 aliphatic heterocycles. The van der Waals surface area contributed by atoms with Crippen LogP contribution >= 0.6 is 0 Å². The monoisotopic (exact) mass is 547 g/mol. The normalized spacial score (nSPS) is 15.2. The van der Waals surface area contributed by atoms with Gasteiger partial charge in [-0.15, -0.1) is 0 Å². The number of anilines is 2. The number of hydrogen-bond donors (Lipinski definition) is 0. The largest absolute Gasteiger partial charge is 0.457 e. The molecule has 202 valence electrons. The number of benzene rings is 3. The summed E-state index contributed by atoms with van der Waals surface area (Å²) in [7, 11) is -3.82. The molecule has 1 amide bonds. The van der Waals surface area contributed by atoms with E-state index in [4.69, 9.17) is 4.74 Å². The molecule has 0 unspecified atom stereocenters. The highest BCUT2D eigenvalue weighted by molar-refractivity contribution is 7.92. The maximum absolute atomic E-state index is 13.3. The van der Waals surface area contributed by atoms with Crippen LogP contribution in [0.25, 0.3) is 0 Å². The van der Waals surface area contributed by atoms with Crippen LogP contribution < -0.4 is 13.9 Å². The molecule has 7 nitrogen and oxygen atoms in total. The SMILES string of the molecule is C[C@H](C(=O)N1CCN(c2cccc(C(F)(F)F)c2)CC1)N(c1ccc(Oc2ccccc2)cc1)S(C)(=O)=O. The van der Waals surface area contributed by atoms with E-state index < -0.39 is 27.8 Å². The number of halogens is 3. The van der Waals surface area contributed by atoms with Gasteiger partial charge >= 0.3 is 6.18 Å². The Morgan fingerprint density at radius 1 is 0.895 bits per heavy atom. The molecule has 4 rings (SSSR count). The van der Waals surface area contributed by atoms with E-state index in [1.165, 1.54) is 13.0 Å². The predicted octanol–water partition coefficient (Wildman–Crippen LogP) is 5.00. The zero-order valence-corrected chi connectivity index (χ0v) is 21.7. The Balaban J connectivity index is 1.44. The second-order valence-corrected chi connectivity index (χ2v) is 10.9. The molecule has 3 aromatic carbocycles. The van der Waals surface area contributed by atoms with Crippen LogP contribution in [0, 0.1) is 0 Å². The van der Waals surface area contributed by atoms with Crippen LogP contribution in [0.3, 0.4) is 0 Å². The van der Waals surface area contributed by atoms with Crippen LogP contribution in [0.1, 0.15) is 12.5 Å². The Kier molecular flexibility index (Phi) is 7.86. The molecule has 0 bridgehead atoms. The summed E-state index contributed by atoms with van der Waals surface area (Å²) >= 11 is 0. The fraction of sp³-hybridized carbons (Fsp3) is 0.296. The topological polar surface area (TPSA) is 70.2 Å². The van der Waals surface area contributed by atoms with Gasteiger partial charge in [0.15, 0.2) is 0 Å². The zero-order valence-electron chi connectivity index (χ0n) is 20.9. The van der Waals surface area contributed by atoms with Crippen LogP contribution in [0.2, 0.25) is 0 Å². The molecule has 0 saturated carbocycles. The van der Waals surface area contributed by atoms with Crippen molar-refractivity contribution in [2.24, 2.45) is 0 Å². The van der Waals surface area contributed by atoms with Crippen molar-refractivity contribution in [3.05, 3.63) is 84.4 Å². The summed E-state index contributed by atoms with van der Waals surface area (Å²) in [5.41, 5.74) is 0.0121. The Bertz CT molecular complexity index is 1360. The first kappa shape index (κ1) is 27.3. The number of rotatable bonds is 7. The van der Waals surface area contributed by atoms with Gasteiger partial charge in [0.1, 0.15) is 17.5 Å². The summed E-state index contributed by atoms with van der Waals surface area (Å²) in [6.45, 7) is 2.67. The summed E-state index contributed by atoms with van der Waals surface area (Å²) in [6.07, 6.45) is -3.40. The Hall–Kier alpha value is -3.73. The lowest BCUT2D eigenvalue weighted by Gasteiger charge is -2.39. The molecule has 0 aromatic heterocycles. The number of ether oxygens (including phenoxy) is 1. The molecule has 0 N–H and O–H groups in total. The molecule has 11 heteroatoms. The highest BCUT2D eigenvalue weighted by atomic mass is 32.2. The number of hydrogen-bond acceptors (Lipinski definition) is 5. The maximum Gasteiger partial charge on any atom is 0.416 e. The van der Waals surface area contributed by atoms with Gasteiger partial charge in [-0.2, -0.15) is 13.2 Å². The van der Waals surface area contributed by atoms with Gasteiger partial charge in [0.05, 0.1) is 17.5 Å². The van der Waals surface area contributed by atoms with Crippen LogP contribution in [-0.4, -0.2) is 57.7 Å². The first-order valence-corrected chi connectivity index (χ1v) is 13.8. The summed E-state index contributed by atoms with van der Waals surface area (Å²) in [5.74, 6) is 0.759. The molecule has 3 aromatic rings. The summed E-state index contributed by atoms with van der Waals surface area (Å²) < 4.78 is 71.5. The third kappa shape index (κ3) is 6.39. The maximum atomic E-state index is 13.3. The van der Waals surface area contributed by atoms with E-state index in [9.17, 15) is 26.4 Å². The van der Waals surface area contributed by atoms with Crippen molar-refractivity contribution in [3.63, 3.8) is 0 Å². The van der Waals surface area contributed by atoms with Gasteiger partial charge in [0.2, 0.25) is 15.9 Å². The van der Waals surface area contributed by atoms with Gasteiger partial charge in [0.25, 0.3) is 0 Å². The standard InChI is InChI=1S/C27H28F3N3O4S/c1-20(26(34)32-17-15-31(16-18-32)23-8-6-7-21(19-23)27(28,29)30)33(38(2,35)36)22-11-13-25(14-12-22)37-24-9-4-3-5-10-24/h3-14,19-20H,15-18H2,1-2H3/t20-/m1/s1. The van der Waals surface area contributed by atoms with Crippen LogP contribution in [0.15, 0.2) is 78.9 Å². The number of carbonyl (C=O) groups is 1. The van der Waals surface area contributed by atoms with E-state index in [0.717, 1.165) is 22.7 Å². The third-order valence-corrected chi connectivity index (χ3v) is 7.51. The van der Waals surface area contributed by atoms with Gasteiger partial charge in [-0.05, 0) is 61.5 Å². The number of amides is 1. The predicted molar refractivity (Wildman–Crippen MR) is 140 cm³/mol. The Morgan fingerprint density at radius 2 is 1.50 bits per heavy atom. The highest BCUT2D eigenvalue weighted by Gasteiger charge is 2.34. The lowest BCUT2D eigenvalue weighted by Crippen LogP contribution is -2.55. The molecule has 1 aliphatic rings. The molecular formula is C27H28F3N3O4S. The molecule has 0 spiro atoms. The highest BCUT2D eigenvalue weighted by Crippen LogP contribution is 2.32. The number of sulfonamides is 1. The van der Waals surface area contributed by atoms with Crippen molar-refractivity contribution in [3.8, 4) is 11.5 Å². The second kappa shape index (κ2) is 10.9. The molecule has 0 radical (unpaired) electrons. The first-order chi connectivity index (χ1) is 17.9. The minimum atomic E-state index is -4.44. The van der Waals surface area contributed by atoms with Crippen LogP contribution in [0.5, 0.6) is 11.5 Å². The van der Waals surface area contributed by atoms with E-state index in [-0.39, 0.29) is 19.0 Å². The lowest BCUT2D eigenvalue weighted by molar-refractivity contribution is -0.137. The van der Waals surface area contributed by atoms with Crippen molar-refractivity contribution >= 4 is 27.3 Å². The molecule has 1 saturated heterocycles. The van der Waals surface area contributed by atoms with Crippen molar-refractivity contribution < 1.29 is 31.1 Å². The van der Waals surface area contributed by atoms with Crippen LogP contribution in [-0.2, 0) is 21.0 Å². The zero-order chi connectivity index (χ0) is 27.5. The lowest BCUT2D eigenvalue weighted by atomic mass is 10.1. The molecule has 1 atom stereocenters. The summed E-state index contributed by atoms with van der Waals surface area (Å²) in [5, 5.41) is 0. The molecule has 38 heavy (non-hydrogen) atoms. The van der Waals surface area contributed by atoms with Crippen molar-refractivity contribution in [1.29, 1.82) is 0 Å². The quantitative estimate of drug-likeness (QED) is 0.417. The molecular weight excluding hydrogens is 519 g/mol. The fourth-order valence-electron chi connectivity index (χ4n) is 4.42. The van der Waals surface area contributed by atoms with E-state index in [1.807, 2.05) is 18.2 Å². The number of alkyl halides is 3. The van der Waals surface area contributed by atoms with E-state index in [0.29, 0.717) is 36.0 Å². The average Bonchev–Trinajstić information content (AvgIpc) is 2.89. The van der Waals surface area contributed by atoms with Gasteiger partial charge in [0, 0.05) is 31.9 Å². The summed E-state index contributed by atoms with van der Waals surface area (Å²) in [4.78, 5) is 16.6. The van der Waals surface area contributed by atoms with E-state index >= 15 is 0 Å². The van der Waals surface area contributed by atoms with Crippen molar-refractivity contribution in [2.45, 2.75) is 19.1 Å². The smallest absolute Gasteiger partial charge is 0.416 e. The number of nitrogens with zero attached hydrogens (tertiary/aromatic N) is 3. The molecule has 1 fully saturated rings. The second-order valence-electron chi connectivity index (χ2n) is 9.00. The van der Waals surface area contributed by atoms with E-state index in [1.54, 1.807) is 52.3 Å².